The number of nitriles is 1. The molecule has 0 aliphatic carbocycles. The molecule has 0 fully saturated rings. The lowest BCUT2D eigenvalue weighted by Gasteiger charge is -2.29. The van der Waals surface area contributed by atoms with E-state index in [-0.39, 0.29) is 0 Å². The average Bonchev–Trinajstić information content (AvgIpc) is 2.67. The Kier molecular flexibility index (Phi) is 5.39. The van der Waals surface area contributed by atoms with Gasteiger partial charge in [-0.2, -0.15) is 5.26 Å². The first kappa shape index (κ1) is 16.0. The molecule has 0 saturated heterocycles. The minimum absolute atomic E-state index is 0.336. The highest BCUT2D eigenvalue weighted by molar-refractivity contribution is 5.28. The topological polar surface area (TPSA) is 39.1 Å². The molecule has 1 aromatic carbocycles. The van der Waals surface area contributed by atoms with Crippen molar-refractivity contribution in [3.8, 4) is 6.07 Å². The second-order valence-corrected chi connectivity index (χ2v) is 6.60. The Morgan fingerprint density at radius 3 is 2.29 bits per heavy atom. The molecule has 1 atom stereocenters. The molecule has 1 aliphatic heterocycles. The molecule has 0 aromatic heterocycles. The summed E-state index contributed by atoms with van der Waals surface area (Å²) in [5, 5.41) is 12.8. The summed E-state index contributed by atoms with van der Waals surface area (Å²) in [4.78, 5) is 2.50. The summed E-state index contributed by atoms with van der Waals surface area (Å²) in [6, 6.07) is 11.5. The molecule has 0 bridgehead atoms. The second kappa shape index (κ2) is 7.06. The van der Waals surface area contributed by atoms with Crippen LogP contribution in [0.25, 0.3) is 0 Å². The molecule has 3 heteroatoms. The number of benzene rings is 1. The SMILES string of the molecule is CC(C)NC(C)(C#N)CCN1CCc2ccccc2CC1. The van der Waals surface area contributed by atoms with Gasteiger partial charge in [0.25, 0.3) is 0 Å². The molecular weight excluding hydrogens is 258 g/mol. The maximum atomic E-state index is 9.43. The quantitative estimate of drug-likeness (QED) is 0.904. The molecule has 21 heavy (non-hydrogen) atoms. The molecule has 0 saturated carbocycles. The van der Waals surface area contributed by atoms with Gasteiger partial charge in [0.2, 0.25) is 0 Å². The highest BCUT2D eigenvalue weighted by atomic mass is 15.1. The third-order valence-electron chi connectivity index (χ3n) is 4.30. The highest BCUT2D eigenvalue weighted by Gasteiger charge is 2.25. The molecule has 114 valence electrons. The summed E-state index contributed by atoms with van der Waals surface area (Å²) in [6.07, 6.45) is 3.12. The lowest BCUT2D eigenvalue weighted by molar-refractivity contribution is 0.249. The lowest BCUT2D eigenvalue weighted by atomic mass is 9.98. The van der Waals surface area contributed by atoms with E-state index >= 15 is 0 Å². The normalized spacial score (nSPS) is 18.6. The van der Waals surface area contributed by atoms with Crippen molar-refractivity contribution >= 4 is 0 Å². The van der Waals surface area contributed by atoms with Crippen molar-refractivity contribution in [1.82, 2.24) is 10.2 Å². The van der Waals surface area contributed by atoms with Crippen LogP contribution in [0.1, 0.15) is 38.3 Å². The first-order valence-corrected chi connectivity index (χ1v) is 8.00. The zero-order valence-electron chi connectivity index (χ0n) is 13.5. The van der Waals surface area contributed by atoms with Gasteiger partial charge in [0.05, 0.1) is 6.07 Å². The Morgan fingerprint density at radius 1 is 1.24 bits per heavy atom. The van der Waals surface area contributed by atoms with Gasteiger partial charge in [-0.05, 0) is 51.2 Å². The highest BCUT2D eigenvalue weighted by Crippen LogP contribution is 2.17. The van der Waals surface area contributed by atoms with E-state index in [1.165, 1.54) is 11.1 Å². The molecule has 1 heterocycles. The summed E-state index contributed by atoms with van der Waals surface area (Å²) < 4.78 is 0. The number of hydrogen-bond donors (Lipinski definition) is 1. The lowest BCUT2D eigenvalue weighted by Crippen LogP contribution is -2.47. The summed E-state index contributed by atoms with van der Waals surface area (Å²) in [7, 11) is 0. The van der Waals surface area contributed by atoms with E-state index in [4.69, 9.17) is 0 Å². The van der Waals surface area contributed by atoms with Crippen molar-refractivity contribution < 1.29 is 0 Å². The fourth-order valence-electron chi connectivity index (χ4n) is 3.12. The summed E-state index contributed by atoms with van der Waals surface area (Å²) in [6.45, 7) is 9.38. The van der Waals surface area contributed by atoms with Crippen LogP contribution in [0.15, 0.2) is 24.3 Å². The molecule has 1 aromatic rings. The van der Waals surface area contributed by atoms with Crippen LogP contribution in [0.2, 0.25) is 0 Å². The van der Waals surface area contributed by atoms with Crippen molar-refractivity contribution in [2.75, 3.05) is 19.6 Å². The number of fused-ring (bicyclic) bond motifs is 1. The Hall–Kier alpha value is -1.37. The van der Waals surface area contributed by atoms with Gasteiger partial charge in [0, 0.05) is 25.7 Å². The summed E-state index contributed by atoms with van der Waals surface area (Å²) in [5.74, 6) is 0. The van der Waals surface area contributed by atoms with Gasteiger partial charge in [-0.25, -0.2) is 0 Å². The van der Waals surface area contributed by atoms with Crippen LogP contribution in [0, 0.1) is 11.3 Å². The van der Waals surface area contributed by atoms with Gasteiger partial charge < -0.3 is 4.90 Å². The van der Waals surface area contributed by atoms with Crippen LogP contribution in [0.5, 0.6) is 0 Å². The predicted octanol–water partition coefficient (Wildman–Crippen LogP) is 2.76. The molecule has 1 unspecified atom stereocenters. The molecular formula is C18H27N3. The maximum absolute atomic E-state index is 9.43. The Bertz CT molecular complexity index is 476. The first-order valence-electron chi connectivity index (χ1n) is 8.00. The van der Waals surface area contributed by atoms with Crippen molar-refractivity contribution in [2.45, 2.75) is 51.6 Å². The number of rotatable bonds is 5. The summed E-state index contributed by atoms with van der Waals surface area (Å²) >= 11 is 0. The Labute approximate surface area is 129 Å². The fraction of sp³-hybridized carbons (Fsp3) is 0.611. The van der Waals surface area contributed by atoms with E-state index in [0.29, 0.717) is 6.04 Å². The molecule has 2 rings (SSSR count). The van der Waals surface area contributed by atoms with Gasteiger partial charge in [0.15, 0.2) is 0 Å². The maximum Gasteiger partial charge on any atom is 0.105 e. The standard InChI is InChI=1S/C18H27N3/c1-15(2)20-18(3,14-19)10-13-21-11-8-16-6-4-5-7-17(16)9-12-21/h4-7,15,20H,8-13H2,1-3H3. The zero-order valence-corrected chi connectivity index (χ0v) is 13.5. The molecule has 0 amide bonds. The predicted molar refractivity (Wildman–Crippen MR) is 87.2 cm³/mol. The summed E-state index contributed by atoms with van der Waals surface area (Å²) in [5.41, 5.74) is 2.56. The van der Waals surface area contributed by atoms with Crippen LogP contribution in [0.4, 0.5) is 0 Å². The molecule has 3 nitrogen and oxygen atoms in total. The van der Waals surface area contributed by atoms with Crippen LogP contribution >= 0.6 is 0 Å². The van der Waals surface area contributed by atoms with E-state index in [9.17, 15) is 5.26 Å². The number of nitrogens with one attached hydrogen (secondary N) is 1. The number of hydrogen-bond acceptors (Lipinski definition) is 3. The third-order valence-corrected chi connectivity index (χ3v) is 4.30. The fourth-order valence-corrected chi connectivity index (χ4v) is 3.12. The minimum Gasteiger partial charge on any atom is -0.303 e. The monoisotopic (exact) mass is 285 g/mol. The minimum atomic E-state index is -0.423. The van der Waals surface area contributed by atoms with E-state index in [1.807, 2.05) is 6.92 Å². The molecule has 0 spiro atoms. The van der Waals surface area contributed by atoms with Crippen molar-refractivity contribution in [2.24, 2.45) is 0 Å². The molecule has 1 N–H and O–H groups in total. The third kappa shape index (κ3) is 4.56. The largest absolute Gasteiger partial charge is 0.303 e. The van der Waals surface area contributed by atoms with E-state index < -0.39 is 5.54 Å². The Morgan fingerprint density at radius 2 is 1.81 bits per heavy atom. The smallest absolute Gasteiger partial charge is 0.105 e. The first-order chi connectivity index (χ1) is 10.0. The van der Waals surface area contributed by atoms with Gasteiger partial charge in [-0.3, -0.25) is 5.32 Å². The second-order valence-electron chi connectivity index (χ2n) is 6.60. The zero-order chi connectivity index (χ0) is 15.3. The van der Waals surface area contributed by atoms with Crippen LogP contribution in [0.3, 0.4) is 0 Å². The van der Waals surface area contributed by atoms with Gasteiger partial charge in [-0.1, -0.05) is 24.3 Å². The van der Waals surface area contributed by atoms with E-state index in [2.05, 4.69) is 54.4 Å². The molecule has 1 aliphatic rings. The van der Waals surface area contributed by atoms with E-state index in [1.54, 1.807) is 0 Å². The van der Waals surface area contributed by atoms with Gasteiger partial charge in [0.1, 0.15) is 5.54 Å². The average molecular weight is 285 g/mol. The van der Waals surface area contributed by atoms with Crippen molar-refractivity contribution in [3.05, 3.63) is 35.4 Å². The van der Waals surface area contributed by atoms with Gasteiger partial charge >= 0.3 is 0 Å². The molecule has 0 radical (unpaired) electrons. The van der Waals surface area contributed by atoms with Crippen molar-refractivity contribution in [3.63, 3.8) is 0 Å². The van der Waals surface area contributed by atoms with Crippen molar-refractivity contribution in [1.29, 1.82) is 5.26 Å². The van der Waals surface area contributed by atoms with E-state index in [0.717, 1.165) is 38.9 Å². The number of nitrogens with zero attached hydrogens (tertiary/aromatic N) is 2. The Balaban J connectivity index is 1.89. The van der Waals surface area contributed by atoms with Crippen LogP contribution < -0.4 is 5.32 Å². The van der Waals surface area contributed by atoms with Gasteiger partial charge in [-0.15, -0.1) is 0 Å². The van der Waals surface area contributed by atoms with Crippen LogP contribution in [-0.2, 0) is 12.8 Å². The van der Waals surface area contributed by atoms with Crippen LogP contribution in [-0.4, -0.2) is 36.1 Å².